The van der Waals surface area contributed by atoms with E-state index in [0.717, 1.165) is 23.6 Å². The average Bonchev–Trinajstić information content (AvgIpc) is 2.67. The van der Waals surface area contributed by atoms with E-state index < -0.39 is 27.5 Å². The van der Waals surface area contributed by atoms with Crippen LogP contribution in [0.5, 0.6) is 5.75 Å². The number of hydrogen-bond acceptors (Lipinski definition) is 4. The van der Waals surface area contributed by atoms with Gasteiger partial charge in [-0.1, -0.05) is 18.2 Å². The third-order valence-corrected chi connectivity index (χ3v) is 6.30. The number of hydrogen-bond donors (Lipinski definition) is 1. The third-order valence-electron chi connectivity index (χ3n) is 4.89. The fraction of sp³-hybridized carbons (Fsp3) is 0.400. The summed E-state index contributed by atoms with van der Waals surface area (Å²) in [5.41, 5.74) is 0.303. The molecule has 0 aliphatic carbocycles. The van der Waals surface area contributed by atoms with E-state index in [9.17, 15) is 21.6 Å². The molecule has 0 spiro atoms. The maximum Gasteiger partial charge on any atom is 0.416 e. The zero-order valence-electron chi connectivity index (χ0n) is 15.9. The van der Waals surface area contributed by atoms with Gasteiger partial charge < -0.3 is 9.64 Å². The number of halogens is 3. The van der Waals surface area contributed by atoms with Gasteiger partial charge in [0, 0.05) is 24.8 Å². The summed E-state index contributed by atoms with van der Waals surface area (Å²) in [4.78, 5) is 2.16. The largest absolute Gasteiger partial charge is 0.497 e. The van der Waals surface area contributed by atoms with Crippen molar-refractivity contribution in [3.8, 4) is 5.75 Å². The van der Waals surface area contributed by atoms with Gasteiger partial charge in [0.1, 0.15) is 5.75 Å². The Morgan fingerprint density at radius 3 is 2.34 bits per heavy atom. The quantitative estimate of drug-likeness (QED) is 0.760. The molecular weight excluding hydrogens is 405 g/mol. The summed E-state index contributed by atoms with van der Waals surface area (Å²) in [5, 5.41) is 0. The van der Waals surface area contributed by atoms with Gasteiger partial charge in [0.25, 0.3) is 0 Å². The van der Waals surface area contributed by atoms with Crippen LogP contribution < -0.4 is 14.4 Å². The second-order valence-corrected chi connectivity index (χ2v) is 8.79. The summed E-state index contributed by atoms with van der Waals surface area (Å²) in [6, 6.07) is 11.8. The second-order valence-electron chi connectivity index (χ2n) is 7.03. The molecule has 158 valence electrons. The molecule has 29 heavy (non-hydrogen) atoms. The molecule has 0 saturated carbocycles. The minimum Gasteiger partial charge on any atom is -0.497 e. The Labute approximate surface area is 168 Å². The Morgan fingerprint density at radius 1 is 1.10 bits per heavy atom. The van der Waals surface area contributed by atoms with Crippen LogP contribution >= 0.6 is 0 Å². The smallest absolute Gasteiger partial charge is 0.416 e. The molecule has 1 saturated heterocycles. The number of rotatable bonds is 6. The maximum absolute atomic E-state index is 12.8. The Kier molecular flexibility index (Phi) is 6.38. The number of anilines is 1. The number of nitrogens with one attached hydrogen (secondary N) is 1. The molecule has 5 nitrogen and oxygen atoms in total. The standard InChI is InChI=1S/C20H23F3N2O3S/c1-28-19-7-5-18(6-8-19)25-11-9-17(10-12-25)24-29(26,27)14-15-3-2-4-16(13-15)20(21,22)23/h2-8,13,17,24H,9-12,14H2,1H3. The highest BCUT2D eigenvalue weighted by Gasteiger charge is 2.31. The molecule has 1 aliphatic rings. The van der Waals surface area contributed by atoms with E-state index in [1.807, 2.05) is 24.3 Å². The number of piperidine rings is 1. The number of nitrogens with zero attached hydrogens (tertiary/aromatic N) is 1. The maximum atomic E-state index is 12.8. The molecule has 2 aromatic rings. The lowest BCUT2D eigenvalue weighted by atomic mass is 10.1. The summed E-state index contributed by atoms with van der Waals surface area (Å²) in [7, 11) is -2.14. The van der Waals surface area contributed by atoms with Crippen LogP contribution in [0.15, 0.2) is 48.5 Å². The number of methoxy groups -OCH3 is 1. The molecule has 1 fully saturated rings. The highest BCUT2D eigenvalue weighted by atomic mass is 32.2. The van der Waals surface area contributed by atoms with Crippen molar-refractivity contribution in [1.82, 2.24) is 4.72 Å². The highest BCUT2D eigenvalue weighted by Crippen LogP contribution is 2.30. The first-order valence-corrected chi connectivity index (χ1v) is 10.9. The van der Waals surface area contributed by atoms with Gasteiger partial charge in [-0.15, -0.1) is 0 Å². The van der Waals surface area contributed by atoms with Gasteiger partial charge in [-0.05, 0) is 48.7 Å². The molecule has 0 atom stereocenters. The summed E-state index contributed by atoms with van der Waals surface area (Å²) >= 11 is 0. The molecule has 1 aliphatic heterocycles. The Morgan fingerprint density at radius 2 is 1.76 bits per heavy atom. The topological polar surface area (TPSA) is 58.6 Å². The SMILES string of the molecule is COc1ccc(N2CCC(NS(=O)(=O)Cc3cccc(C(F)(F)F)c3)CC2)cc1. The molecule has 9 heteroatoms. The fourth-order valence-corrected chi connectivity index (χ4v) is 4.85. The van der Waals surface area contributed by atoms with E-state index in [2.05, 4.69) is 9.62 Å². The highest BCUT2D eigenvalue weighted by molar-refractivity contribution is 7.88. The lowest BCUT2D eigenvalue weighted by Gasteiger charge is -2.33. The lowest BCUT2D eigenvalue weighted by Crippen LogP contribution is -2.45. The minimum atomic E-state index is -4.50. The zero-order valence-corrected chi connectivity index (χ0v) is 16.8. The second kappa shape index (κ2) is 8.62. The van der Waals surface area contributed by atoms with Gasteiger partial charge in [0.05, 0.1) is 18.4 Å². The molecular formula is C20H23F3N2O3S. The van der Waals surface area contributed by atoms with Crippen LogP contribution in [0.2, 0.25) is 0 Å². The first kappa shape index (κ1) is 21.4. The van der Waals surface area contributed by atoms with Crippen molar-refractivity contribution in [2.45, 2.75) is 30.8 Å². The average molecular weight is 428 g/mol. The predicted molar refractivity (Wildman–Crippen MR) is 105 cm³/mol. The van der Waals surface area contributed by atoms with Gasteiger partial charge in [-0.2, -0.15) is 13.2 Å². The molecule has 0 radical (unpaired) electrons. The molecule has 2 aromatic carbocycles. The van der Waals surface area contributed by atoms with Gasteiger partial charge >= 0.3 is 6.18 Å². The van der Waals surface area contributed by atoms with Gasteiger partial charge in [-0.3, -0.25) is 0 Å². The Bertz CT molecular complexity index is 923. The molecule has 0 bridgehead atoms. The van der Waals surface area contributed by atoms with E-state index in [1.54, 1.807) is 7.11 Å². The first-order chi connectivity index (χ1) is 13.7. The predicted octanol–water partition coefficient (Wildman–Crippen LogP) is 3.80. The van der Waals surface area contributed by atoms with E-state index in [4.69, 9.17) is 4.74 Å². The van der Waals surface area contributed by atoms with E-state index in [1.165, 1.54) is 12.1 Å². The van der Waals surface area contributed by atoms with Crippen LogP contribution in [0.4, 0.5) is 18.9 Å². The fourth-order valence-electron chi connectivity index (χ4n) is 3.40. The van der Waals surface area contributed by atoms with Crippen molar-refractivity contribution >= 4 is 15.7 Å². The lowest BCUT2D eigenvalue weighted by molar-refractivity contribution is -0.137. The molecule has 0 unspecified atom stereocenters. The van der Waals surface area contributed by atoms with E-state index in [-0.39, 0.29) is 11.6 Å². The molecule has 1 N–H and O–H groups in total. The Hall–Kier alpha value is -2.26. The van der Waals surface area contributed by atoms with Crippen molar-refractivity contribution in [3.05, 3.63) is 59.7 Å². The molecule has 0 amide bonds. The summed E-state index contributed by atoms with van der Waals surface area (Å²) in [6.45, 7) is 1.37. The van der Waals surface area contributed by atoms with E-state index >= 15 is 0 Å². The van der Waals surface area contributed by atoms with Crippen LogP contribution in [-0.4, -0.2) is 34.7 Å². The van der Waals surface area contributed by atoms with Gasteiger partial charge in [0.15, 0.2) is 0 Å². The number of benzene rings is 2. The molecule has 1 heterocycles. The van der Waals surface area contributed by atoms with Crippen molar-refractivity contribution in [2.75, 3.05) is 25.1 Å². The van der Waals surface area contributed by atoms with Crippen molar-refractivity contribution in [1.29, 1.82) is 0 Å². The van der Waals surface area contributed by atoms with E-state index in [0.29, 0.717) is 25.9 Å². The van der Waals surface area contributed by atoms with Gasteiger partial charge in [0.2, 0.25) is 10.0 Å². The van der Waals surface area contributed by atoms with Crippen LogP contribution in [0.25, 0.3) is 0 Å². The van der Waals surface area contributed by atoms with Crippen molar-refractivity contribution in [2.24, 2.45) is 0 Å². The summed E-state index contributed by atoms with van der Waals surface area (Å²) < 4.78 is 71.1. The van der Waals surface area contributed by atoms with Crippen molar-refractivity contribution in [3.63, 3.8) is 0 Å². The van der Waals surface area contributed by atoms with Crippen molar-refractivity contribution < 1.29 is 26.3 Å². The number of sulfonamides is 1. The zero-order chi connectivity index (χ0) is 21.1. The Balaban J connectivity index is 1.56. The normalized spacial score (nSPS) is 16.1. The third kappa shape index (κ3) is 5.86. The number of ether oxygens (including phenoxy) is 1. The monoisotopic (exact) mass is 428 g/mol. The van der Waals surface area contributed by atoms with Gasteiger partial charge in [-0.25, -0.2) is 13.1 Å². The molecule has 0 aromatic heterocycles. The van der Waals surface area contributed by atoms with Crippen LogP contribution in [0, 0.1) is 0 Å². The van der Waals surface area contributed by atoms with Crippen LogP contribution in [0.1, 0.15) is 24.0 Å². The molecule has 3 rings (SSSR count). The minimum absolute atomic E-state index is 0.114. The summed E-state index contributed by atoms with van der Waals surface area (Å²) in [5.74, 6) is 0.293. The van der Waals surface area contributed by atoms with Crippen LogP contribution in [-0.2, 0) is 22.0 Å². The van der Waals surface area contributed by atoms with Crippen LogP contribution in [0.3, 0.4) is 0 Å². The summed E-state index contributed by atoms with van der Waals surface area (Å²) in [6.07, 6.45) is -3.26. The first-order valence-electron chi connectivity index (χ1n) is 9.21. The number of alkyl halides is 3.